The smallest absolute Gasteiger partial charge is 0.257 e. The Morgan fingerprint density at radius 2 is 1.94 bits per heavy atom. The van der Waals surface area contributed by atoms with E-state index in [0.29, 0.717) is 22.9 Å². The van der Waals surface area contributed by atoms with Gasteiger partial charge < -0.3 is 14.6 Å². The lowest BCUT2D eigenvalue weighted by molar-refractivity contribution is 0.0665. The maximum Gasteiger partial charge on any atom is 0.257 e. The fourth-order valence-electron chi connectivity index (χ4n) is 4.50. The van der Waals surface area contributed by atoms with Crippen LogP contribution in [0.2, 0.25) is 5.02 Å². The fraction of sp³-hybridized carbons (Fsp3) is 0.308. The molecular formula is C26H25ClN2O3S. The zero-order chi connectivity index (χ0) is 22.9. The highest BCUT2D eigenvalue weighted by Gasteiger charge is 2.22. The number of pyridine rings is 1. The van der Waals surface area contributed by atoms with Crippen LogP contribution in [0.5, 0.6) is 0 Å². The summed E-state index contributed by atoms with van der Waals surface area (Å²) in [5.41, 5.74) is 3.87. The van der Waals surface area contributed by atoms with E-state index in [9.17, 15) is 9.59 Å². The highest BCUT2D eigenvalue weighted by Crippen LogP contribution is 2.37. The van der Waals surface area contributed by atoms with Crippen LogP contribution in [0.1, 0.15) is 41.3 Å². The van der Waals surface area contributed by atoms with Gasteiger partial charge in [0.15, 0.2) is 0 Å². The minimum absolute atomic E-state index is 0.158. The molecule has 2 aliphatic rings. The van der Waals surface area contributed by atoms with Gasteiger partial charge in [-0.2, -0.15) is 0 Å². The third-order valence-electron chi connectivity index (χ3n) is 6.34. The first kappa shape index (κ1) is 22.3. The van der Waals surface area contributed by atoms with Crippen molar-refractivity contribution in [2.24, 2.45) is 5.92 Å². The van der Waals surface area contributed by atoms with E-state index in [0.717, 1.165) is 59.7 Å². The quantitative estimate of drug-likeness (QED) is 0.525. The molecule has 0 saturated carbocycles. The zero-order valence-electron chi connectivity index (χ0n) is 18.4. The van der Waals surface area contributed by atoms with Gasteiger partial charge in [-0.15, -0.1) is 0 Å². The number of allylic oxidation sites excluding steroid dienone is 1. The second-order valence-electron chi connectivity index (χ2n) is 8.68. The molecule has 0 radical (unpaired) electrons. The third kappa shape index (κ3) is 4.60. The number of nitrogens with one attached hydrogen (secondary N) is 1. The van der Waals surface area contributed by atoms with Crippen LogP contribution in [0.25, 0.3) is 16.6 Å². The van der Waals surface area contributed by atoms with Crippen molar-refractivity contribution in [3.8, 4) is 0 Å². The second-order valence-corrected chi connectivity index (χ2v) is 10.0. The highest BCUT2D eigenvalue weighted by atomic mass is 35.5. The molecular weight excluding hydrogens is 456 g/mol. The number of aromatic nitrogens is 1. The molecule has 2 aliphatic heterocycles. The van der Waals surface area contributed by atoms with E-state index in [4.69, 9.17) is 16.3 Å². The summed E-state index contributed by atoms with van der Waals surface area (Å²) in [6.07, 6.45) is 4.67. The molecule has 5 nitrogen and oxygen atoms in total. The molecule has 1 fully saturated rings. The molecule has 2 aromatic carbocycles. The van der Waals surface area contributed by atoms with E-state index < -0.39 is 0 Å². The highest BCUT2D eigenvalue weighted by molar-refractivity contribution is 8.02. The van der Waals surface area contributed by atoms with Gasteiger partial charge in [0.2, 0.25) is 5.43 Å². The predicted octanol–water partition coefficient (Wildman–Crippen LogP) is 5.48. The monoisotopic (exact) mass is 480 g/mol. The Bertz CT molecular complexity index is 1310. The first-order valence-electron chi connectivity index (χ1n) is 11.2. The van der Waals surface area contributed by atoms with Crippen LogP contribution in [0.4, 0.5) is 0 Å². The SMILES string of the molecule is CC1=CSc2cc(CC3CCOCC3)cc3c(=O)c(C(=O)NCc4ccc(Cl)cc4)cn1c23. The Kier molecular flexibility index (Phi) is 6.32. The maximum atomic E-state index is 13.5. The van der Waals surface area contributed by atoms with Gasteiger partial charge >= 0.3 is 0 Å². The number of carbonyl (C=O) groups excluding carboxylic acids is 1. The van der Waals surface area contributed by atoms with E-state index in [1.807, 2.05) is 29.7 Å². The largest absolute Gasteiger partial charge is 0.381 e. The zero-order valence-corrected chi connectivity index (χ0v) is 20.0. The summed E-state index contributed by atoms with van der Waals surface area (Å²) < 4.78 is 7.47. The van der Waals surface area contributed by atoms with Crippen LogP contribution < -0.4 is 10.7 Å². The normalized spacial score (nSPS) is 16.0. The van der Waals surface area contributed by atoms with Crippen molar-refractivity contribution >= 4 is 45.9 Å². The van der Waals surface area contributed by atoms with Crippen LogP contribution in [0.3, 0.4) is 0 Å². The number of hydrogen-bond donors (Lipinski definition) is 1. The van der Waals surface area contributed by atoms with Gasteiger partial charge in [0.1, 0.15) is 5.56 Å². The molecule has 3 heterocycles. The first-order valence-corrected chi connectivity index (χ1v) is 12.4. The molecule has 0 unspecified atom stereocenters. The Balaban J connectivity index is 1.50. The number of rotatable bonds is 5. The van der Waals surface area contributed by atoms with E-state index in [1.165, 1.54) is 0 Å². The minimum Gasteiger partial charge on any atom is -0.381 e. The first-order chi connectivity index (χ1) is 16.0. The van der Waals surface area contributed by atoms with Gasteiger partial charge in [-0.1, -0.05) is 35.5 Å². The number of halogens is 1. The van der Waals surface area contributed by atoms with Gasteiger partial charge in [0.25, 0.3) is 5.91 Å². The molecule has 0 bridgehead atoms. The molecule has 7 heteroatoms. The second kappa shape index (κ2) is 9.37. The Labute approximate surface area is 201 Å². The van der Waals surface area contributed by atoms with Gasteiger partial charge in [-0.3, -0.25) is 9.59 Å². The van der Waals surface area contributed by atoms with Crippen molar-refractivity contribution in [2.75, 3.05) is 13.2 Å². The summed E-state index contributed by atoms with van der Waals surface area (Å²) in [6, 6.07) is 11.5. The lowest BCUT2D eigenvalue weighted by atomic mass is 9.91. The molecule has 0 atom stereocenters. The van der Waals surface area contributed by atoms with Gasteiger partial charge in [-0.05, 0) is 72.9 Å². The van der Waals surface area contributed by atoms with Gasteiger partial charge in [0, 0.05) is 47.0 Å². The fourth-order valence-corrected chi connectivity index (χ4v) is 5.58. The lowest BCUT2D eigenvalue weighted by Crippen LogP contribution is -2.29. The Hall–Kier alpha value is -2.54. The number of benzene rings is 2. The number of ether oxygens (including phenoxy) is 1. The average Bonchev–Trinajstić information content (AvgIpc) is 2.82. The molecule has 33 heavy (non-hydrogen) atoms. The molecule has 3 aromatic rings. The number of amides is 1. The van der Waals surface area contributed by atoms with Crippen LogP contribution in [0.15, 0.2) is 57.7 Å². The molecule has 170 valence electrons. The van der Waals surface area contributed by atoms with E-state index >= 15 is 0 Å². The maximum absolute atomic E-state index is 13.5. The van der Waals surface area contributed by atoms with Crippen LogP contribution in [-0.4, -0.2) is 23.7 Å². The van der Waals surface area contributed by atoms with Gasteiger partial charge in [0.05, 0.1) is 5.52 Å². The summed E-state index contributed by atoms with van der Waals surface area (Å²) in [7, 11) is 0. The summed E-state index contributed by atoms with van der Waals surface area (Å²) in [5, 5.41) is 6.20. The van der Waals surface area contributed by atoms with E-state index in [1.54, 1.807) is 30.1 Å². The molecule has 1 N–H and O–H groups in total. The molecule has 0 spiro atoms. The number of thioether (sulfide) groups is 1. The topological polar surface area (TPSA) is 60.3 Å². The number of hydrogen-bond acceptors (Lipinski definition) is 4. The molecule has 1 amide bonds. The Morgan fingerprint density at radius 1 is 1.18 bits per heavy atom. The van der Waals surface area contributed by atoms with Crippen molar-refractivity contribution in [1.29, 1.82) is 0 Å². The molecule has 0 aliphatic carbocycles. The van der Waals surface area contributed by atoms with Crippen molar-refractivity contribution in [3.63, 3.8) is 0 Å². The standard InChI is InChI=1S/C26H25ClN2O3S/c1-16-15-33-23-12-19(10-17-6-8-32-9-7-17)11-21-24(23)29(16)14-22(25(21)30)26(31)28-13-18-2-4-20(27)5-3-18/h2-5,11-12,14-15,17H,6-10,13H2,1H3,(H,28,31). The van der Waals surface area contributed by atoms with Crippen molar-refractivity contribution in [2.45, 2.75) is 37.6 Å². The van der Waals surface area contributed by atoms with Gasteiger partial charge in [-0.25, -0.2) is 0 Å². The summed E-state index contributed by atoms with van der Waals surface area (Å²) in [6.45, 7) is 3.91. The number of nitrogens with zero attached hydrogens (tertiary/aromatic N) is 1. The average molecular weight is 481 g/mol. The molecule has 5 rings (SSSR count). The molecule has 1 aromatic heterocycles. The molecule has 1 saturated heterocycles. The third-order valence-corrected chi connectivity index (χ3v) is 7.61. The van der Waals surface area contributed by atoms with E-state index in [2.05, 4.69) is 16.8 Å². The lowest BCUT2D eigenvalue weighted by Gasteiger charge is -2.24. The van der Waals surface area contributed by atoms with Crippen molar-refractivity contribution in [3.05, 3.63) is 79.9 Å². The predicted molar refractivity (Wildman–Crippen MR) is 134 cm³/mol. The van der Waals surface area contributed by atoms with Crippen molar-refractivity contribution < 1.29 is 9.53 Å². The van der Waals surface area contributed by atoms with Crippen LogP contribution >= 0.6 is 23.4 Å². The van der Waals surface area contributed by atoms with Crippen LogP contribution in [-0.2, 0) is 17.7 Å². The van der Waals surface area contributed by atoms with Crippen LogP contribution in [0, 0.1) is 5.92 Å². The summed E-state index contributed by atoms with van der Waals surface area (Å²) >= 11 is 7.58. The Morgan fingerprint density at radius 3 is 2.70 bits per heavy atom. The van der Waals surface area contributed by atoms with Crippen molar-refractivity contribution in [1.82, 2.24) is 9.88 Å². The summed E-state index contributed by atoms with van der Waals surface area (Å²) in [4.78, 5) is 27.6. The summed E-state index contributed by atoms with van der Waals surface area (Å²) in [5.74, 6) is 0.186. The number of carbonyl (C=O) groups is 1. The van der Waals surface area contributed by atoms with E-state index in [-0.39, 0.29) is 16.9 Å². The minimum atomic E-state index is -0.372.